The Balaban J connectivity index is 0.892. The van der Waals surface area contributed by atoms with Crippen LogP contribution in [0.1, 0.15) is 95.6 Å². The van der Waals surface area contributed by atoms with Crippen LogP contribution in [0.15, 0.2) is 160 Å². The van der Waals surface area contributed by atoms with Crippen LogP contribution in [0.4, 0.5) is 0 Å². The van der Waals surface area contributed by atoms with Crippen LogP contribution in [0.25, 0.3) is 5.57 Å². The van der Waals surface area contributed by atoms with Gasteiger partial charge in [-0.2, -0.15) is 0 Å². The Labute approximate surface area is 317 Å². The minimum atomic E-state index is 0.0843. The third-order valence-corrected chi connectivity index (χ3v) is 14.7. The van der Waals surface area contributed by atoms with Gasteiger partial charge in [0.15, 0.2) is 0 Å². The zero-order chi connectivity index (χ0) is 35.3. The average Bonchev–Trinajstić information content (AvgIpc) is 3.81. The van der Waals surface area contributed by atoms with Crippen molar-refractivity contribution in [1.29, 1.82) is 0 Å². The highest BCUT2D eigenvalue weighted by molar-refractivity contribution is 5.90. The van der Waals surface area contributed by atoms with Gasteiger partial charge in [0.2, 0.25) is 0 Å². The Morgan fingerprint density at radius 2 is 1.66 bits per heavy atom. The Morgan fingerprint density at radius 1 is 0.755 bits per heavy atom. The van der Waals surface area contributed by atoms with E-state index in [-0.39, 0.29) is 5.41 Å². The molecule has 11 rings (SSSR count). The van der Waals surface area contributed by atoms with Crippen LogP contribution < -0.4 is 0 Å². The molecular formula is C51H54N2. The van der Waals surface area contributed by atoms with Crippen molar-refractivity contribution < 1.29 is 0 Å². The summed E-state index contributed by atoms with van der Waals surface area (Å²) < 4.78 is 0. The van der Waals surface area contributed by atoms with Crippen LogP contribution in [0.5, 0.6) is 0 Å². The predicted octanol–water partition coefficient (Wildman–Crippen LogP) is 11.9. The summed E-state index contributed by atoms with van der Waals surface area (Å²) in [6, 6.07) is 10.4. The first-order valence-corrected chi connectivity index (χ1v) is 21.1. The van der Waals surface area contributed by atoms with E-state index in [1.165, 1.54) is 90.6 Å². The van der Waals surface area contributed by atoms with Crippen molar-refractivity contribution in [3.05, 3.63) is 171 Å². The van der Waals surface area contributed by atoms with Crippen molar-refractivity contribution in [2.45, 2.75) is 108 Å². The van der Waals surface area contributed by atoms with Crippen molar-refractivity contribution in [1.82, 2.24) is 9.80 Å². The fraction of sp³-hybridized carbons (Fsp3) is 0.412. The van der Waals surface area contributed by atoms with Crippen molar-refractivity contribution in [3.8, 4) is 0 Å². The first-order valence-electron chi connectivity index (χ1n) is 21.1. The minimum absolute atomic E-state index is 0.0843. The molecule has 2 heteroatoms. The molecule has 7 atom stereocenters. The van der Waals surface area contributed by atoms with Crippen LogP contribution in [0.3, 0.4) is 0 Å². The van der Waals surface area contributed by atoms with Crippen LogP contribution in [-0.4, -0.2) is 27.9 Å². The van der Waals surface area contributed by atoms with Gasteiger partial charge in [-0.25, -0.2) is 0 Å². The molecule has 2 heterocycles. The Bertz CT molecular complexity index is 2140. The van der Waals surface area contributed by atoms with E-state index in [9.17, 15) is 0 Å². The molecule has 0 bridgehead atoms. The lowest BCUT2D eigenvalue weighted by atomic mass is 9.77. The highest BCUT2D eigenvalue weighted by atomic mass is 15.2. The van der Waals surface area contributed by atoms with Crippen molar-refractivity contribution in [2.24, 2.45) is 23.7 Å². The fourth-order valence-electron chi connectivity index (χ4n) is 12.2. The van der Waals surface area contributed by atoms with E-state index in [0.29, 0.717) is 41.8 Å². The van der Waals surface area contributed by atoms with Gasteiger partial charge in [0.05, 0.1) is 18.1 Å². The third-order valence-electron chi connectivity index (χ3n) is 14.7. The summed E-state index contributed by atoms with van der Waals surface area (Å²) in [6.45, 7) is 4.84. The zero-order valence-electron chi connectivity index (χ0n) is 31.7. The van der Waals surface area contributed by atoms with Gasteiger partial charge in [-0.1, -0.05) is 129 Å². The quantitative estimate of drug-likeness (QED) is 0.290. The molecule has 10 aliphatic rings. The minimum Gasteiger partial charge on any atom is -0.361 e. The monoisotopic (exact) mass is 694 g/mol. The van der Waals surface area contributed by atoms with Crippen molar-refractivity contribution >= 4 is 5.57 Å². The first-order chi connectivity index (χ1) is 26.0. The van der Waals surface area contributed by atoms with Gasteiger partial charge < -0.3 is 9.80 Å². The largest absolute Gasteiger partial charge is 0.361 e. The summed E-state index contributed by atoms with van der Waals surface area (Å²) in [5.74, 6) is 1.98. The van der Waals surface area contributed by atoms with E-state index in [2.05, 4.69) is 139 Å². The van der Waals surface area contributed by atoms with Gasteiger partial charge in [-0.3, -0.25) is 0 Å². The van der Waals surface area contributed by atoms with Gasteiger partial charge >= 0.3 is 0 Å². The molecule has 0 saturated carbocycles. The molecule has 2 aliphatic heterocycles. The molecule has 2 nitrogen and oxygen atoms in total. The van der Waals surface area contributed by atoms with Crippen molar-refractivity contribution in [2.75, 3.05) is 0 Å². The second-order valence-electron chi connectivity index (χ2n) is 17.9. The summed E-state index contributed by atoms with van der Waals surface area (Å²) in [5.41, 5.74) is 17.1. The lowest BCUT2D eigenvalue weighted by Gasteiger charge is -2.39. The van der Waals surface area contributed by atoms with E-state index < -0.39 is 0 Å². The number of rotatable bonds is 4. The van der Waals surface area contributed by atoms with E-state index >= 15 is 0 Å². The molecule has 0 spiro atoms. The topological polar surface area (TPSA) is 6.48 Å². The smallest absolute Gasteiger partial charge is 0.0629 e. The molecule has 1 saturated heterocycles. The Morgan fingerprint density at radius 3 is 2.58 bits per heavy atom. The average molecular weight is 695 g/mol. The zero-order valence-corrected chi connectivity index (χ0v) is 31.7. The second-order valence-corrected chi connectivity index (χ2v) is 17.9. The number of hydrogen-bond acceptors (Lipinski definition) is 2. The summed E-state index contributed by atoms with van der Waals surface area (Å²) in [4.78, 5) is 5.59. The molecule has 0 radical (unpaired) electrons. The maximum atomic E-state index is 2.88. The third kappa shape index (κ3) is 4.96. The Kier molecular flexibility index (Phi) is 7.51. The summed E-state index contributed by atoms with van der Waals surface area (Å²) in [7, 11) is 0. The van der Waals surface area contributed by atoms with Crippen molar-refractivity contribution in [3.63, 3.8) is 0 Å². The standard InChI is InChI=1S/C51H54N2/c1-51(2)45-20-9-6-17-39(45)42-32-38(25-26-46(42)51)53-48-22-11-8-19-41(48)44-31-36(24-28-50(44)53)35-23-27-49-43(30-35)40-18-7-10-21-47(40)52(49)37-16-12-15-34(29-37)33-13-4-3-5-14-33/h4,6-7,9-10,13,16-18,20-21,24,26-33,35,38,40,44,47,50H,3,5,8,11-12,14-15,19,22-23,25H2,1-2H3. The first kappa shape index (κ1) is 32.2. The van der Waals surface area contributed by atoms with Gasteiger partial charge in [0, 0.05) is 40.3 Å². The molecule has 0 aromatic heterocycles. The van der Waals surface area contributed by atoms with Gasteiger partial charge in [0.25, 0.3) is 0 Å². The molecule has 1 aromatic rings. The van der Waals surface area contributed by atoms with E-state index in [1.54, 1.807) is 22.4 Å². The summed E-state index contributed by atoms with van der Waals surface area (Å²) in [5, 5.41) is 0. The number of hydrogen-bond donors (Lipinski definition) is 0. The van der Waals surface area contributed by atoms with Crippen LogP contribution in [-0.2, 0) is 5.41 Å². The van der Waals surface area contributed by atoms with E-state index in [4.69, 9.17) is 0 Å². The Hall–Kier alpha value is -4.30. The molecule has 1 aromatic carbocycles. The second kappa shape index (κ2) is 12.4. The molecule has 0 amide bonds. The summed E-state index contributed by atoms with van der Waals surface area (Å²) >= 11 is 0. The number of nitrogens with zero attached hydrogens (tertiary/aromatic N) is 2. The van der Waals surface area contributed by atoms with E-state index in [1.807, 2.05) is 0 Å². The van der Waals surface area contributed by atoms with Gasteiger partial charge in [0.1, 0.15) is 0 Å². The maximum absolute atomic E-state index is 2.88. The highest BCUT2D eigenvalue weighted by Crippen LogP contribution is 2.55. The highest BCUT2D eigenvalue weighted by Gasteiger charge is 2.47. The molecule has 1 fully saturated rings. The normalized spacial score (nSPS) is 34.5. The number of likely N-dealkylation sites (tertiary alicyclic amines) is 1. The van der Waals surface area contributed by atoms with E-state index in [0.717, 1.165) is 19.3 Å². The molecule has 268 valence electrons. The predicted molar refractivity (Wildman–Crippen MR) is 219 cm³/mol. The summed E-state index contributed by atoms with van der Waals surface area (Å²) in [6.07, 6.45) is 51.5. The molecule has 7 unspecified atom stereocenters. The number of allylic oxidation sites excluding steroid dienone is 15. The van der Waals surface area contributed by atoms with Gasteiger partial charge in [-0.15, -0.1) is 0 Å². The molecule has 0 N–H and O–H groups in total. The van der Waals surface area contributed by atoms with Gasteiger partial charge in [-0.05, 0) is 122 Å². The van der Waals surface area contributed by atoms with Crippen LogP contribution >= 0.6 is 0 Å². The van der Waals surface area contributed by atoms with Crippen LogP contribution in [0, 0.1) is 23.7 Å². The molecule has 8 aliphatic carbocycles. The lowest BCUT2D eigenvalue weighted by molar-refractivity contribution is 0.242. The molecule has 53 heavy (non-hydrogen) atoms. The molecular weight excluding hydrogens is 641 g/mol. The number of benzene rings is 1. The van der Waals surface area contributed by atoms with Crippen LogP contribution in [0.2, 0.25) is 0 Å². The SMILES string of the molecule is CC1(C)C2=CCC(N3C4=C(CCCC4)C4C=C(C5C=C6C(=CC5)N(C5=CCCC(C7C=CCCC7)=C5)C5C=CC=CC65)C=CC43)C=C2c2ccccc21. The lowest BCUT2D eigenvalue weighted by Crippen LogP contribution is -2.41. The fourth-order valence-corrected chi connectivity index (χ4v) is 12.2. The maximum Gasteiger partial charge on any atom is 0.0629 e. The number of fused-ring (bicyclic) bond motifs is 8.